The second-order valence-corrected chi connectivity index (χ2v) is 11.9. The van der Waals surface area contributed by atoms with Crippen molar-refractivity contribution in [3.8, 4) is 5.75 Å². The van der Waals surface area contributed by atoms with Crippen LogP contribution in [0.25, 0.3) is 5.57 Å². The molecule has 0 aromatic heterocycles. The lowest BCUT2D eigenvalue weighted by atomic mass is 9.75. The molecule has 1 unspecified atom stereocenters. The highest BCUT2D eigenvalue weighted by atomic mass is 16.6. The largest absolute Gasteiger partial charge is 0.497 e. The van der Waals surface area contributed by atoms with E-state index in [0.717, 1.165) is 82.4 Å². The van der Waals surface area contributed by atoms with Gasteiger partial charge in [-0.15, -0.1) is 0 Å². The Morgan fingerprint density at radius 3 is 1.66 bits per heavy atom. The van der Waals surface area contributed by atoms with E-state index in [2.05, 4.69) is 92.6 Å². The molecule has 0 spiro atoms. The third kappa shape index (κ3) is 6.12. The normalized spacial score (nSPS) is 15.0. The number of esters is 1. The summed E-state index contributed by atoms with van der Waals surface area (Å²) in [5, 5.41) is 0. The van der Waals surface area contributed by atoms with Gasteiger partial charge in [-0.05, 0) is 92.9 Å². The molecule has 1 atom stereocenters. The summed E-state index contributed by atoms with van der Waals surface area (Å²) in [5.74, 6) is 0.353. The van der Waals surface area contributed by atoms with Gasteiger partial charge in [0, 0.05) is 74.0 Å². The first kappa shape index (κ1) is 33.4. The fraction of sp³-hybridized carbons (Fsp3) is 0.293. The summed E-state index contributed by atoms with van der Waals surface area (Å²) in [6.07, 6.45) is 1.86. The number of nitrogens with zero attached hydrogens (tertiary/aromatic N) is 3. The number of hydrogen-bond donors (Lipinski definition) is 0. The number of hydrogen-bond acceptors (Lipinski definition) is 6. The van der Waals surface area contributed by atoms with E-state index in [-0.39, 0.29) is 5.97 Å². The van der Waals surface area contributed by atoms with Gasteiger partial charge in [0.05, 0.1) is 12.7 Å². The minimum atomic E-state index is -1.25. The highest BCUT2D eigenvalue weighted by Gasteiger charge is 2.50. The van der Waals surface area contributed by atoms with Crippen LogP contribution in [0, 0.1) is 0 Å². The molecule has 0 saturated heterocycles. The first-order chi connectivity index (χ1) is 22.8. The van der Waals surface area contributed by atoms with E-state index in [1.807, 2.05) is 67.5 Å². The van der Waals surface area contributed by atoms with Crippen molar-refractivity contribution in [3.63, 3.8) is 0 Å². The predicted molar refractivity (Wildman–Crippen MR) is 196 cm³/mol. The number of benzene rings is 4. The van der Waals surface area contributed by atoms with E-state index in [0.29, 0.717) is 5.56 Å². The predicted octanol–water partition coefficient (Wildman–Crippen LogP) is 8.56. The molecule has 0 amide bonds. The van der Waals surface area contributed by atoms with Crippen molar-refractivity contribution in [1.29, 1.82) is 0 Å². The quantitative estimate of drug-likeness (QED) is 0.109. The van der Waals surface area contributed by atoms with Crippen LogP contribution in [0.4, 0.5) is 17.1 Å². The monoisotopic (exact) mass is 629 g/mol. The molecule has 0 radical (unpaired) electrons. The summed E-state index contributed by atoms with van der Waals surface area (Å²) >= 11 is 0. The van der Waals surface area contributed by atoms with Gasteiger partial charge in [-0.25, -0.2) is 4.79 Å². The fourth-order valence-corrected chi connectivity index (χ4v) is 6.69. The second-order valence-electron chi connectivity index (χ2n) is 11.9. The van der Waals surface area contributed by atoms with E-state index in [9.17, 15) is 4.79 Å². The van der Waals surface area contributed by atoms with Crippen LogP contribution in [0.2, 0.25) is 0 Å². The van der Waals surface area contributed by atoms with Crippen molar-refractivity contribution in [2.24, 2.45) is 0 Å². The van der Waals surface area contributed by atoms with Crippen molar-refractivity contribution in [2.75, 3.05) is 62.1 Å². The zero-order valence-electron chi connectivity index (χ0n) is 28.8. The van der Waals surface area contributed by atoms with Crippen LogP contribution >= 0.6 is 0 Å². The average molecular weight is 630 g/mol. The molecule has 0 saturated carbocycles. The molecule has 0 aliphatic carbocycles. The Bertz CT molecular complexity index is 1680. The van der Waals surface area contributed by atoms with Crippen LogP contribution < -0.4 is 19.4 Å². The number of anilines is 3. The lowest BCUT2D eigenvalue weighted by Crippen LogP contribution is -2.31. The Morgan fingerprint density at radius 1 is 0.745 bits per heavy atom. The smallest absolute Gasteiger partial charge is 0.340 e. The molecule has 1 aliphatic rings. The molecule has 0 N–H and O–H groups in total. The summed E-state index contributed by atoms with van der Waals surface area (Å²) in [4.78, 5) is 20.6. The molecule has 1 aliphatic heterocycles. The van der Waals surface area contributed by atoms with Crippen molar-refractivity contribution in [1.82, 2.24) is 0 Å². The standard InChI is InChI=1S/C41H47N3O3/c1-9-37(41(31-18-25-35(46-8)26-19-31)38-27-24-34(42(6)7)28-36(38)40(45)47-41)39(29-14-20-32(21-15-29)43(10-2)11-3)30-16-22-33(23-17-30)44(12-4)13-5/h9,14-28H,1,10-13H2,2-8H3. The summed E-state index contributed by atoms with van der Waals surface area (Å²) < 4.78 is 12.2. The summed E-state index contributed by atoms with van der Waals surface area (Å²) in [5.41, 5.74) is 7.89. The van der Waals surface area contributed by atoms with Gasteiger partial charge in [0.1, 0.15) is 5.75 Å². The number of carbonyl (C=O) groups is 1. The maximum absolute atomic E-state index is 13.9. The third-order valence-electron chi connectivity index (χ3n) is 9.28. The number of cyclic esters (lactones) is 1. The SMILES string of the molecule is C=CC(=C(c1ccc(N(CC)CC)cc1)c1ccc(N(CC)CC)cc1)C1(c2ccc(OC)cc2)OC(=O)c2cc(N(C)C)ccc21. The number of fused-ring (bicyclic) bond motifs is 1. The minimum Gasteiger partial charge on any atom is -0.497 e. The molecule has 6 nitrogen and oxygen atoms in total. The molecular formula is C41H47N3O3. The molecule has 5 rings (SSSR count). The Balaban J connectivity index is 1.85. The van der Waals surface area contributed by atoms with Crippen LogP contribution in [-0.2, 0) is 10.3 Å². The van der Waals surface area contributed by atoms with Crippen LogP contribution in [-0.4, -0.2) is 53.4 Å². The molecular weight excluding hydrogens is 582 g/mol. The van der Waals surface area contributed by atoms with Gasteiger partial charge in [0.2, 0.25) is 0 Å². The van der Waals surface area contributed by atoms with Gasteiger partial charge in [-0.2, -0.15) is 0 Å². The fourth-order valence-electron chi connectivity index (χ4n) is 6.69. The molecule has 0 bridgehead atoms. The van der Waals surface area contributed by atoms with Gasteiger partial charge in [0.25, 0.3) is 0 Å². The van der Waals surface area contributed by atoms with Crippen LogP contribution in [0.3, 0.4) is 0 Å². The van der Waals surface area contributed by atoms with Gasteiger partial charge < -0.3 is 24.2 Å². The van der Waals surface area contributed by atoms with Crippen molar-refractivity contribution >= 4 is 28.6 Å². The van der Waals surface area contributed by atoms with Gasteiger partial charge in [0.15, 0.2) is 5.60 Å². The molecule has 6 heteroatoms. The van der Waals surface area contributed by atoms with E-state index in [1.165, 1.54) is 0 Å². The van der Waals surface area contributed by atoms with Gasteiger partial charge in [-0.1, -0.05) is 55.1 Å². The molecule has 47 heavy (non-hydrogen) atoms. The van der Waals surface area contributed by atoms with Crippen molar-refractivity contribution in [2.45, 2.75) is 33.3 Å². The average Bonchev–Trinajstić information content (AvgIpc) is 3.41. The Morgan fingerprint density at radius 2 is 1.23 bits per heavy atom. The van der Waals surface area contributed by atoms with Crippen molar-refractivity contribution in [3.05, 3.63) is 137 Å². The molecule has 244 valence electrons. The Hall–Kier alpha value is -4.97. The number of methoxy groups -OCH3 is 1. The Labute approximate surface area is 280 Å². The van der Waals surface area contributed by atoms with Gasteiger partial charge in [-0.3, -0.25) is 0 Å². The summed E-state index contributed by atoms with van der Waals surface area (Å²) in [6.45, 7) is 16.7. The first-order valence-corrected chi connectivity index (χ1v) is 16.5. The topological polar surface area (TPSA) is 45.3 Å². The van der Waals surface area contributed by atoms with E-state index >= 15 is 0 Å². The second kappa shape index (κ2) is 14.2. The molecule has 4 aromatic carbocycles. The molecule has 1 heterocycles. The Kier molecular flexibility index (Phi) is 10.1. The van der Waals surface area contributed by atoms with E-state index in [4.69, 9.17) is 9.47 Å². The first-order valence-electron chi connectivity index (χ1n) is 16.5. The maximum atomic E-state index is 13.9. The van der Waals surface area contributed by atoms with E-state index in [1.54, 1.807) is 7.11 Å². The lowest BCUT2D eigenvalue weighted by molar-refractivity contribution is 0.0251. The third-order valence-corrected chi connectivity index (χ3v) is 9.28. The number of ether oxygens (including phenoxy) is 2. The zero-order valence-corrected chi connectivity index (χ0v) is 28.8. The maximum Gasteiger partial charge on any atom is 0.340 e. The van der Waals surface area contributed by atoms with Gasteiger partial charge >= 0.3 is 5.97 Å². The van der Waals surface area contributed by atoms with Crippen LogP contribution in [0.5, 0.6) is 5.75 Å². The van der Waals surface area contributed by atoms with Crippen LogP contribution in [0.15, 0.2) is 109 Å². The molecule has 4 aromatic rings. The minimum absolute atomic E-state index is 0.369. The number of rotatable bonds is 13. The highest BCUT2D eigenvalue weighted by Crippen LogP contribution is 2.51. The van der Waals surface area contributed by atoms with Crippen molar-refractivity contribution < 1.29 is 14.3 Å². The summed E-state index contributed by atoms with van der Waals surface area (Å²) in [7, 11) is 5.58. The lowest BCUT2D eigenvalue weighted by Gasteiger charge is -2.34. The zero-order chi connectivity index (χ0) is 33.7. The summed E-state index contributed by atoms with van der Waals surface area (Å²) in [6, 6.07) is 31.1. The van der Waals surface area contributed by atoms with Crippen LogP contribution in [0.1, 0.15) is 60.3 Å². The number of carbonyl (C=O) groups excluding carboxylic acids is 1. The highest BCUT2D eigenvalue weighted by molar-refractivity contribution is 5.99. The molecule has 0 fully saturated rings. The van der Waals surface area contributed by atoms with E-state index < -0.39 is 5.60 Å².